The Morgan fingerprint density at radius 2 is 2.22 bits per heavy atom. The topological polar surface area (TPSA) is 84.2 Å². The molecule has 0 radical (unpaired) electrons. The Kier molecular flexibility index (Phi) is 4.77. The molecule has 0 aliphatic heterocycles. The van der Waals surface area contributed by atoms with Gasteiger partial charge in [0.15, 0.2) is 0 Å². The van der Waals surface area contributed by atoms with Crippen LogP contribution in [0.1, 0.15) is 26.7 Å². The lowest BCUT2D eigenvalue weighted by Gasteiger charge is -2.28. The fourth-order valence-electron chi connectivity index (χ4n) is 1.49. The van der Waals surface area contributed by atoms with Crippen molar-refractivity contribution in [2.75, 3.05) is 6.61 Å². The van der Waals surface area contributed by atoms with Crippen LogP contribution in [0, 0.1) is 0 Å². The van der Waals surface area contributed by atoms with Crippen molar-refractivity contribution >= 4 is 21.6 Å². The first kappa shape index (κ1) is 15.4. The molecule has 2 N–H and O–H groups in total. The van der Waals surface area contributed by atoms with Gasteiger partial charge in [0.2, 0.25) is 5.03 Å². The van der Waals surface area contributed by atoms with Crippen LogP contribution in [0.25, 0.3) is 0 Å². The third-order valence-electron chi connectivity index (χ3n) is 2.91. The molecule has 0 bridgehead atoms. The Hall–Kier alpha value is -0.630. The molecule has 8 heteroatoms. The third kappa shape index (κ3) is 3.23. The number of aromatic nitrogens is 2. The fourth-order valence-corrected chi connectivity index (χ4v) is 3.43. The molecule has 1 rings (SSSR count). The summed E-state index contributed by atoms with van der Waals surface area (Å²) in [6.07, 6.45) is 2.22. The van der Waals surface area contributed by atoms with E-state index in [1.165, 1.54) is 10.9 Å². The van der Waals surface area contributed by atoms with Crippen LogP contribution in [0.5, 0.6) is 0 Å². The second-order valence-corrected chi connectivity index (χ2v) is 6.40. The number of nitrogens with zero attached hydrogens (tertiary/aromatic N) is 2. The maximum absolute atomic E-state index is 12.2. The second kappa shape index (κ2) is 5.56. The Balaban J connectivity index is 3.05. The number of hydrogen-bond donors (Lipinski definition) is 2. The highest BCUT2D eigenvalue weighted by atomic mass is 35.5. The van der Waals surface area contributed by atoms with Crippen molar-refractivity contribution in [2.45, 2.75) is 37.3 Å². The minimum atomic E-state index is -3.79. The van der Waals surface area contributed by atoms with E-state index in [4.69, 9.17) is 16.7 Å². The Morgan fingerprint density at radius 1 is 1.61 bits per heavy atom. The summed E-state index contributed by atoms with van der Waals surface area (Å²) in [6.45, 7) is 3.48. The van der Waals surface area contributed by atoms with Gasteiger partial charge in [0, 0.05) is 19.2 Å². The molecule has 0 aromatic carbocycles. The molecule has 0 saturated heterocycles. The first-order valence-electron chi connectivity index (χ1n) is 5.57. The Labute approximate surface area is 112 Å². The maximum atomic E-state index is 12.2. The van der Waals surface area contributed by atoms with Crippen LogP contribution in [0.2, 0.25) is 5.15 Å². The van der Waals surface area contributed by atoms with Gasteiger partial charge in [-0.25, -0.2) is 18.1 Å². The van der Waals surface area contributed by atoms with Gasteiger partial charge in [0.25, 0.3) is 10.0 Å². The maximum Gasteiger partial charge on any atom is 0.261 e. The molecule has 1 aromatic heterocycles. The zero-order chi connectivity index (χ0) is 14.0. The number of aliphatic hydroxyl groups is 1. The summed E-state index contributed by atoms with van der Waals surface area (Å²) in [7, 11) is -2.17. The van der Waals surface area contributed by atoms with E-state index < -0.39 is 15.6 Å². The summed E-state index contributed by atoms with van der Waals surface area (Å²) in [5.74, 6) is 0. The van der Waals surface area contributed by atoms with Crippen LogP contribution in [0.15, 0.2) is 11.4 Å². The molecule has 104 valence electrons. The summed E-state index contributed by atoms with van der Waals surface area (Å²) in [5, 5.41) is 8.85. The molecular formula is C10H18ClN3O3S. The molecule has 1 heterocycles. The number of rotatable bonds is 6. The normalized spacial score (nSPS) is 15.6. The van der Waals surface area contributed by atoms with E-state index in [0.29, 0.717) is 12.8 Å². The van der Waals surface area contributed by atoms with Gasteiger partial charge in [-0.1, -0.05) is 18.5 Å². The smallest absolute Gasteiger partial charge is 0.261 e. The van der Waals surface area contributed by atoms with E-state index in [1.54, 1.807) is 14.0 Å². The highest BCUT2D eigenvalue weighted by Crippen LogP contribution is 2.22. The SMILES string of the molecule is CCC(C)(CCO)NS(=O)(=O)c1ncn(C)c1Cl. The van der Waals surface area contributed by atoms with Gasteiger partial charge < -0.3 is 9.67 Å². The predicted octanol–water partition coefficient (Wildman–Crippen LogP) is 0.903. The minimum Gasteiger partial charge on any atom is -0.396 e. The molecule has 1 unspecified atom stereocenters. The zero-order valence-corrected chi connectivity index (χ0v) is 12.2. The standard InChI is InChI=1S/C10H18ClN3O3S/c1-4-10(2,5-6-15)13-18(16,17)9-8(11)14(3)7-12-9/h7,13,15H,4-6H2,1-3H3. The fraction of sp³-hybridized carbons (Fsp3) is 0.700. The van der Waals surface area contributed by atoms with Crippen molar-refractivity contribution < 1.29 is 13.5 Å². The third-order valence-corrected chi connectivity index (χ3v) is 5.04. The molecule has 18 heavy (non-hydrogen) atoms. The predicted molar refractivity (Wildman–Crippen MR) is 68.9 cm³/mol. The van der Waals surface area contributed by atoms with Crippen molar-refractivity contribution in [2.24, 2.45) is 7.05 Å². The van der Waals surface area contributed by atoms with Crippen molar-refractivity contribution in [3.63, 3.8) is 0 Å². The second-order valence-electron chi connectivity index (χ2n) is 4.44. The van der Waals surface area contributed by atoms with E-state index in [-0.39, 0.29) is 16.8 Å². The van der Waals surface area contributed by atoms with Crippen LogP contribution in [0.3, 0.4) is 0 Å². The first-order chi connectivity index (χ1) is 8.25. The largest absolute Gasteiger partial charge is 0.396 e. The van der Waals surface area contributed by atoms with Gasteiger partial charge in [0.05, 0.1) is 6.33 Å². The summed E-state index contributed by atoms with van der Waals surface area (Å²) < 4.78 is 28.3. The lowest BCUT2D eigenvalue weighted by atomic mass is 9.97. The molecule has 0 fully saturated rings. The number of halogens is 1. The molecule has 1 aromatic rings. The van der Waals surface area contributed by atoms with Gasteiger partial charge in [-0.3, -0.25) is 0 Å². The Bertz CT molecular complexity index is 514. The van der Waals surface area contributed by atoms with E-state index in [9.17, 15) is 8.42 Å². The van der Waals surface area contributed by atoms with Gasteiger partial charge in [-0.2, -0.15) is 0 Å². The molecule has 0 aliphatic rings. The van der Waals surface area contributed by atoms with Crippen molar-refractivity contribution in [1.82, 2.24) is 14.3 Å². The molecule has 0 aliphatic carbocycles. The van der Waals surface area contributed by atoms with E-state index in [2.05, 4.69) is 9.71 Å². The van der Waals surface area contributed by atoms with Crippen molar-refractivity contribution in [1.29, 1.82) is 0 Å². The average molecular weight is 296 g/mol. The van der Waals surface area contributed by atoms with Gasteiger partial charge >= 0.3 is 0 Å². The number of aliphatic hydroxyl groups excluding tert-OH is 1. The molecule has 0 spiro atoms. The van der Waals surface area contributed by atoms with Crippen LogP contribution >= 0.6 is 11.6 Å². The molecule has 1 atom stereocenters. The average Bonchev–Trinajstić information content (AvgIpc) is 2.60. The molecule has 0 amide bonds. The molecule has 0 saturated carbocycles. The summed E-state index contributed by atoms with van der Waals surface area (Å²) >= 11 is 5.87. The number of aryl methyl sites for hydroxylation is 1. The summed E-state index contributed by atoms with van der Waals surface area (Å²) in [6, 6.07) is 0. The van der Waals surface area contributed by atoms with Crippen LogP contribution in [0.4, 0.5) is 0 Å². The van der Waals surface area contributed by atoms with Crippen LogP contribution in [-0.4, -0.2) is 35.2 Å². The van der Waals surface area contributed by atoms with Gasteiger partial charge in [0.1, 0.15) is 5.15 Å². The number of hydrogen-bond acceptors (Lipinski definition) is 4. The van der Waals surface area contributed by atoms with Crippen LogP contribution < -0.4 is 4.72 Å². The quantitative estimate of drug-likeness (QED) is 0.817. The van der Waals surface area contributed by atoms with Crippen LogP contribution in [-0.2, 0) is 17.1 Å². The summed E-state index contributed by atoms with van der Waals surface area (Å²) in [4.78, 5) is 3.78. The minimum absolute atomic E-state index is 0.0601. The highest BCUT2D eigenvalue weighted by molar-refractivity contribution is 7.89. The van der Waals surface area contributed by atoms with Crippen molar-refractivity contribution in [3.05, 3.63) is 11.5 Å². The van der Waals surface area contributed by atoms with E-state index >= 15 is 0 Å². The highest BCUT2D eigenvalue weighted by Gasteiger charge is 2.31. The lowest BCUT2D eigenvalue weighted by Crippen LogP contribution is -2.46. The monoisotopic (exact) mass is 295 g/mol. The number of sulfonamides is 1. The van der Waals surface area contributed by atoms with Gasteiger partial charge in [-0.15, -0.1) is 0 Å². The van der Waals surface area contributed by atoms with Crippen molar-refractivity contribution in [3.8, 4) is 0 Å². The molecule has 6 nitrogen and oxygen atoms in total. The lowest BCUT2D eigenvalue weighted by molar-refractivity contribution is 0.233. The number of nitrogens with one attached hydrogen (secondary N) is 1. The van der Waals surface area contributed by atoms with Gasteiger partial charge in [-0.05, 0) is 19.8 Å². The first-order valence-corrected chi connectivity index (χ1v) is 7.43. The summed E-state index contributed by atoms with van der Waals surface area (Å²) in [5.41, 5.74) is -0.714. The van der Waals surface area contributed by atoms with E-state index in [1.807, 2.05) is 6.92 Å². The zero-order valence-electron chi connectivity index (χ0n) is 10.6. The Morgan fingerprint density at radius 3 is 2.61 bits per heavy atom. The van der Waals surface area contributed by atoms with E-state index in [0.717, 1.165) is 0 Å². The molecular weight excluding hydrogens is 278 g/mol. The number of imidazole rings is 1.